The molecule has 0 bridgehead atoms. The van der Waals surface area contributed by atoms with Crippen molar-refractivity contribution in [1.29, 1.82) is 0 Å². The van der Waals surface area contributed by atoms with Crippen LogP contribution in [0, 0.1) is 17.0 Å². The molecule has 1 aromatic heterocycles. The molecule has 1 aromatic carbocycles. The number of hydrazine groups is 1. The Morgan fingerprint density at radius 2 is 2.29 bits per heavy atom. The minimum atomic E-state index is -0.500. The zero-order chi connectivity index (χ0) is 15.4. The monoisotopic (exact) mass is 291 g/mol. The molecule has 8 nitrogen and oxygen atoms in total. The molecule has 2 rings (SSSR count). The van der Waals surface area contributed by atoms with Gasteiger partial charge < -0.3 is 9.15 Å². The first-order valence-corrected chi connectivity index (χ1v) is 5.98. The Kier molecular flexibility index (Phi) is 4.19. The third-order valence-electron chi connectivity index (χ3n) is 2.80. The lowest BCUT2D eigenvalue weighted by molar-refractivity contribution is -0.386. The number of para-hydroxylation sites is 1. The Balaban J connectivity index is 2.13. The highest BCUT2D eigenvalue weighted by Gasteiger charge is 2.18. The Hall–Kier alpha value is -2.87. The van der Waals surface area contributed by atoms with Crippen LogP contribution in [0.2, 0.25) is 0 Å². The lowest BCUT2D eigenvalue weighted by atomic mass is 10.2. The first-order chi connectivity index (χ1) is 10.0. The summed E-state index contributed by atoms with van der Waals surface area (Å²) in [5.41, 5.74) is 2.62. The summed E-state index contributed by atoms with van der Waals surface area (Å²) in [4.78, 5) is 21.8. The number of hydrogen-bond donors (Lipinski definition) is 2. The fourth-order valence-electron chi connectivity index (χ4n) is 1.79. The molecule has 0 fully saturated rings. The molecule has 0 spiro atoms. The van der Waals surface area contributed by atoms with E-state index in [4.69, 9.17) is 15.0 Å². The smallest absolute Gasteiger partial charge is 0.313 e. The fourth-order valence-corrected chi connectivity index (χ4v) is 1.79. The number of ether oxygens (including phenoxy) is 1. The van der Waals surface area contributed by atoms with E-state index >= 15 is 0 Å². The minimum Gasteiger partial charge on any atom is -0.479 e. The van der Waals surface area contributed by atoms with Crippen LogP contribution in [-0.4, -0.2) is 10.8 Å². The van der Waals surface area contributed by atoms with Crippen LogP contribution in [0.5, 0.6) is 5.75 Å². The average Bonchev–Trinajstić information content (AvgIpc) is 2.92. The Morgan fingerprint density at radius 1 is 1.52 bits per heavy atom. The zero-order valence-corrected chi connectivity index (χ0v) is 11.2. The number of furan rings is 1. The maximum Gasteiger partial charge on any atom is 0.313 e. The van der Waals surface area contributed by atoms with Crippen LogP contribution < -0.4 is 16.0 Å². The van der Waals surface area contributed by atoms with E-state index in [0.29, 0.717) is 11.3 Å². The fraction of sp³-hybridized carbons (Fsp3) is 0.154. The van der Waals surface area contributed by atoms with Crippen molar-refractivity contribution in [2.24, 2.45) is 5.84 Å². The van der Waals surface area contributed by atoms with Gasteiger partial charge in [0.15, 0.2) is 5.75 Å². The normalized spacial score (nSPS) is 10.2. The second kappa shape index (κ2) is 6.06. The molecule has 0 saturated heterocycles. The second-order valence-corrected chi connectivity index (χ2v) is 4.24. The number of rotatable bonds is 5. The van der Waals surface area contributed by atoms with Crippen LogP contribution in [0.1, 0.15) is 21.7 Å². The molecule has 0 atom stereocenters. The second-order valence-electron chi connectivity index (χ2n) is 4.24. The number of nitrogen functional groups attached to an aromatic ring is 1. The molecule has 0 aliphatic carbocycles. The first kappa shape index (κ1) is 14.5. The minimum absolute atomic E-state index is 0.0395. The van der Waals surface area contributed by atoms with Gasteiger partial charge in [-0.05, 0) is 19.1 Å². The van der Waals surface area contributed by atoms with Gasteiger partial charge >= 0.3 is 5.69 Å². The van der Waals surface area contributed by atoms with E-state index in [2.05, 4.69) is 0 Å². The van der Waals surface area contributed by atoms with Gasteiger partial charge in [0.2, 0.25) is 0 Å². The van der Waals surface area contributed by atoms with E-state index in [1.54, 1.807) is 19.1 Å². The van der Waals surface area contributed by atoms with Crippen LogP contribution >= 0.6 is 0 Å². The predicted molar refractivity (Wildman–Crippen MR) is 72.5 cm³/mol. The Bertz CT molecular complexity index is 680. The van der Waals surface area contributed by atoms with Crippen molar-refractivity contribution in [1.82, 2.24) is 5.43 Å². The first-order valence-electron chi connectivity index (χ1n) is 5.98. The molecule has 1 amide bonds. The Morgan fingerprint density at radius 3 is 2.95 bits per heavy atom. The van der Waals surface area contributed by atoms with Gasteiger partial charge in [0.05, 0.1) is 10.5 Å². The highest BCUT2D eigenvalue weighted by atomic mass is 16.6. The summed E-state index contributed by atoms with van der Waals surface area (Å²) >= 11 is 0. The molecule has 0 aliphatic heterocycles. The van der Waals surface area contributed by atoms with Crippen LogP contribution in [0.25, 0.3) is 0 Å². The number of hydrogen-bond acceptors (Lipinski definition) is 6. The van der Waals surface area contributed by atoms with Crippen molar-refractivity contribution in [3.8, 4) is 5.75 Å². The van der Waals surface area contributed by atoms with Crippen molar-refractivity contribution in [3.63, 3.8) is 0 Å². The van der Waals surface area contributed by atoms with E-state index in [1.807, 2.05) is 5.43 Å². The molecule has 0 unspecified atom stereocenters. The van der Waals surface area contributed by atoms with Gasteiger partial charge in [-0.2, -0.15) is 0 Å². The summed E-state index contributed by atoms with van der Waals surface area (Å²) < 4.78 is 10.5. The van der Waals surface area contributed by atoms with E-state index in [-0.39, 0.29) is 23.6 Å². The van der Waals surface area contributed by atoms with Crippen molar-refractivity contribution in [2.45, 2.75) is 13.5 Å². The zero-order valence-electron chi connectivity index (χ0n) is 11.2. The van der Waals surface area contributed by atoms with Gasteiger partial charge in [-0.25, -0.2) is 5.84 Å². The summed E-state index contributed by atoms with van der Waals surface area (Å²) in [5.74, 6) is 5.00. The van der Waals surface area contributed by atoms with Crippen molar-refractivity contribution >= 4 is 11.6 Å². The molecule has 0 saturated carbocycles. The number of amides is 1. The quantitative estimate of drug-likeness (QED) is 0.374. The lowest BCUT2D eigenvalue weighted by Gasteiger charge is -2.06. The van der Waals surface area contributed by atoms with E-state index < -0.39 is 10.8 Å². The standard InChI is InChI=1S/C13H13N3O5/c1-8-3-2-4-11(12(8)16(18)19)21-7-10-5-9(6-20-10)13(17)15-14/h2-6H,7,14H2,1H3,(H,15,17). The summed E-state index contributed by atoms with van der Waals surface area (Å²) in [6.45, 7) is 1.59. The maximum atomic E-state index is 11.3. The largest absolute Gasteiger partial charge is 0.479 e. The number of carbonyl (C=O) groups excluding carboxylic acids is 1. The van der Waals surface area contributed by atoms with Gasteiger partial charge in [-0.1, -0.05) is 12.1 Å². The number of nitrogens with zero attached hydrogens (tertiary/aromatic N) is 1. The number of nitrogens with two attached hydrogens (primary N) is 1. The molecule has 21 heavy (non-hydrogen) atoms. The molecule has 1 heterocycles. The molecule has 0 aliphatic rings. The number of nitro benzene ring substituents is 1. The SMILES string of the molecule is Cc1cccc(OCc2cc(C(=O)NN)co2)c1[N+](=O)[O-]. The van der Waals surface area contributed by atoms with Gasteiger partial charge in [0, 0.05) is 5.56 Å². The number of aryl methyl sites for hydroxylation is 1. The third kappa shape index (κ3) is 3.18. The van der Waals surface area contributed by atoms with Gasteiger partial charge in [-0.3, -0.25) is 20.3 Å². The topological polar surface area (TPSA) is 121 Å². The number of benzene rings is 1. The van der Waals surface area contributed by atoms with Gasteiger partial charge in [0.1, 0.15) is 18.6 Å². The molecule has 0 radical (unpaired) electrons. The number of carbonyl (C=O) groups is 1. The molecule has 3 N–H and O–H groups in total. The number of nitro groups is 1. The van der Waals surface area contributed by atoms with Gasteiger partial charge in [0.25, 0.3) is 5.91 Å². The molecule has 110 valence electrons. The summed E-state index contributed by atoms with van der Waals surface area (Å²) in [7, 11) is 0. The highest BCUT2D eigenvalue weighted by molar-refractivity contribution is 5.93. The van der Waals surface area contributed by atoms with Crippen LogP contribution in [0.4, 0.5) is 5.69 Å². The number of nitrogens with one attached hydrogen (secondary N) is 1. The van der Waals surface area contributed by atoms with Crippen molar-refractivity contribution in [3.05, 3.63) is 57.5 Å². The molecular formula is C13H13N3O5. The van der Waals surface area contributed by atoms with Crippen LogP contribution in [0.15, 0.2) is 34.9 Å². The summed E-state index contributed by atoms with van der Waals surface area (Å²) in [6, 6.07) is 6.24. The van der Waals surface area contributed by atoms with Crippen LogP contribution in [-0.2, 0) is 6.61 Å². The highest BCUT2D eigenvalue weighted by Crippen LogP contribution is 2.30. The predicted octanol–water partition coefficient (Wildman–Crippen LogP) is 1.68. The van der Waals surface area contributed by atoms with E-state index in [1.165, 1.54) is 18.4 Å². The lowest BCUT2D eigenvalue weighted by Crippen LogP contribution is -2.29. The summed E-state index contributed by atoms with van der Waals surface area (Å²) in [6.07, 6.45) is 1.23. The maximum absolute atomic E-state index is 11.3. The van der Waals surface area contributed by atoms with Crippen molar-refractivity contribution < 1.29 is 18.9 Å². The third-order valence-corrected chi connectivity index (χ3v) is 2.80. The molecule has 8 heteroatoms. The average molecular weight is 291 g/mol. The van der Waals surface area contributed by atoms with E-state index in [0.717, 1.165) is 0 Å². The molecule has 2 aromatic rings. The Labute approximate surface area is 119 Å². The summed E-state index contributed by atoms with van der Waals surface area (Å²) in [5, 5.41) is 11.0. The molecular weight excluding hydrogens is 278 g/mol. The van der Waals surface area contributed by atoms with Crippen molar-refractivity contribution in [2.75, 3.05) is 0 Å². The van der Waals surface area contributed by atoms with Crippen LogP contribution in [0.3, 0.4) is 0 Å². The van der Waals surface area contributed by atoms with Gasteiger partial charge in [-0.15, -0.1) is 0 Å². The van der Waals surface area contributed by atoms with E-state index in [9.17, 15) is 14.9 Å².